The number of ether oxygens (including phenoxy) is 1. The average Bonchev–Trinajstić information content (AvgIpc) is 3.03. The van der Waals surface area contributed by atoms with E-state index in [1.54, 1.807) is 11.0 Å². The number of carbonyl (C=O) groups is 3. The van der Waals surface area contributed by atoms with Crippen molar-refractivity contribution in [2.45, 2.75) is 39.2 Å². The van der Waals surface area contributed by atoms with Crippen molar-refractivity contribution in [3.63, 3.8) is 0 Å². The minimum Gasteiger partial charge on any atom is -0.493 e. The molecule has 0 aromatic heterocycles. The summed E-state index contributed by atoms with van der Waals surface area (Å²) in [6.07, 6.45) is 4.72. The van der Waals surface area contributed by atoms with Gasteiger partial charge in [-0.2, -0.15) is 0 Å². The van der Waals surface area contributed by atoms with E-state index in [4.69, 9.17) is 4.74 Å². The van der Waals surface area contributed by atoms with Gasteiger partial charge in [0.05, 0.1) is 11.5 Å². The molecule has 0 bridgehead atoms. The topological polar surface area (TPSA) is 66.9 Å². The van der Waals surface area contributed by atoms with Crippen molar-refractivity contribution < 1.29 is 19.1 Å². The molecule has 7 heteroatoms. The molecule has 0 unspecified atom stereocenters. The minimum absolute atomic E-state index is 0.140. The van der Waals surface area contributed by atoms with Gasteiger partial charge in [0.15, 0.2) is 0 Å². The molecule has 0 aliphatic carbocycles. The Morgan fingerprint density at radius 3 is 2.77 bits per heavy atom. The second-order valence-corrected chi connectivity index (χ2v) is 8.82. The Morgan fingerprint density at radius 2 is 2.00 bits per heavy atom. The number of nitrogens with zero attached hydrogens (tertiary/aromatic N) is 2. The normalized spacial score (nSPS) is 20.7. The molecule has 1 atom stereocenters. The Labute approximate surface area is 186 Å². The van der Waals surface area contributed by atoms with E-state index in [0.29, 0.717) is 23.8 Å². The van der Waals surface area contributed by atoms with Gasteiger partial charge in [0.25, 0.3) is 11.1 Å². The number of piperidine rings is 1. The largest absolute Gasteiger partial charge is 0.493 e. The molecule has 0 saturated carbocycles. The zero-order valence-corrected chi connectivity index (χ0v) is 18.6. The van der Waals surface area contributed by atoms with Crippen molar-refractivity contribution in [1.82, 2.24) is 9.80 Å². The Morgan fingerprint density at radius 1 is 1.19 bits per heavy atom. The third-order valence-corrected chi connectivity index (χ3v) is 6.70. The Hall–Kier alpha value is -2.80. The number of carbonyl (C=O) groups excluding carboxylic acids is 3. The first-order valence-corrected chi connectivity index (χ1v) is 11.5. The van der Waals surface area contributed by atoms with Gasteiger partial charge in [-0.25, -0.2) is 0 Å². The molecule has 3 amide bonds. The SMILES string of the molecule is CCOc1ccc2ccccc2c1/C=C1\SC(=O)N(CC(=O)N2CCCC[C@@H]2C)C1=O. The second kappa shape index (κ2) is 9.14. The first-order valence-electron chi connectivity index (χ1n) is 10.7. The van der Waals surface area contributed by atoms with Crippen LogP contribution in [0.15, 0.2) is 41.3 Å². The monoisotopic (exact) mass is 438 g/mol. The van der Waals surface area contributed by atoms with E-state index in [1.807, 2.05) is 50.2 Å². The van der Waals surface area contributed by atoms with Crippen LogP contribution in [-0.2, 0) is 9.59 Å². The van der Waals surface area contributed by atoms with Crippen molar-refractivity contribution in [2.75, 3.05) is 19.7 Å². The van der Waals surface area contributed by atoms with Gasteiger partial charge in [-0.3, -0.25) is 19.3 Å². The molecule has 2 aliphatic rings. The molecule has 0 N–H and O–H groups in total. The summed E-state index contributed by atoms with van der Waals surface area (Å²) < 4.78 is 5.78. The van der Waals surface area contributed by atoms with Gasteiger partial charge in [-0.15, -0.1) is 0 Å². The van der Waals surface area contributed by atoms with Crippen LogP contribution >= 0.6 is 11.8 Å². The van der Waals surface area contributed by atoms with Gasteiger partial charge >= 0.3 is 0 Å². The fourth-order valence-corrected chi connectivity index (χ4v) is 4.99. The first-order chi connectivity index (χ1) is 15.0. The van der Waals surface area contributed by atoms with Crippen molar-refractivity contribution in [3.8, 4) is 5.75 Å². The summed E-state index contributed by atoms with van der Waals surface area (Å²) in [4.78, 5) is 41.5. The van der Waals surface area contributed by atoms with Gasteiger partial charge in [-0.05, 0) is 67.8 Å². The summed E-state index contributed by atoms with van der Waals surface area (Å²) in [6, 6.07) is 11.8. The Balaban J connectivity index is 1.62. The maximum absolute atomic E-state index is 13.0. The van der Waals surface area contributed by atoms with Crippen LogP contribution in [-0.4, -0.2) is 52.6 Å². The van der Waals surface area contributed by atoms with Gasteiger partial charge in [0.1, 0.15) is 12.3 Å². The highest BCUT2D eigenvalue weighted by Gasteiger charge is 2.38. The highest BCUT2D eigenvalue weighted by molar-refractivity contribution is 8.18. The van der Waals surface area contributed by atoms with Gasteiger partial charge in [0.2, 0.25) is 5.91 Å². The highest BCUT2D eigenvalue weighted by Crippen LogP contribution is 2.37. The molecule has 2 saturated heterocycles. The van der Waals surface area contributed by atoms with E-state index in [1.165, 1.54) is 0 Å². The highest BCUT2D eigenvalue weighted by atomic mass is 32.2. The quantitative estimate of drug-likeness (QED) is 0.635. The number of benzene rings is 2. The number of amides is 3. The number of hydrogen-bond donors (Lipinski definition) is 0. The summed E-state index contributed by atoms with van der Waals surface area (Å²) in [5.41, 5.74) is 0.765. The van der Waals surface area contributed by atoms with Crippen LogP contribution in [0.5, 0.6) is 5.75 Å². The zero-order valence-electron chi connectivity index (χ0n) is 17.8. The van der Waals surface area contributed by atoms with Crippen molar-refractivity contribution >= 4 is 45.7 Å². The average molecular weight is 439 g/mol. The molecule has 2 fully saturated rings. The van der Waals surface area contributed by atoms with E-state index in [9.17, 15) is 14.4 Å². The lowest BCUT2D eigenvalue weighted by molar-refractivity contribution is -0.138. The number of hydrogen-bond acceptors (Lipinski definition) is 5. The van der Waals surface area contributed by atoms with Gasteiger partial charge < -0.3 is 9.64 Å². The summed E-state index contributed by atoms with van der Waals surface area (Å²) in [5, 5.41) is 1.55. The molecule has 2 aromatic carbocycles. The van der Waals surface area contributed by atoms with Crippen molar-refractivity contribution in [2.24, 2.45) is 0 Å². The van der Waals surface area contributed by atoms with Crippen LogP contribution in [0.4, 0.5) is 4.79 Å². The molecule has 0 spiro atoms. The second-order valence-electron chi connectivity index (χ2n) is 7.83. The predicted molar refractivity (Wildman–Crippen MR) is 123 cm³/mol. The van der Waals surface area contributed by atoms with Gasteiger partial charge in [-0.1, -0.05) is 30.3 Å². The van der Waals surface area contributed by atoms with E-state index < -0.39 is 11.1 Å². The Bertz CT molecular complexity index is 1060. The predicted octanol–water partition coefficient (Wildman–Crippen LogP) is 4.68. The Kier molecular flexibility index (Phi) is 6.32. The van der Waals surface area contributed by atoms with Crippen LogP contribution in [0, 0.1) is 0 Å². The van der Waals surface area contributed by atoms with Crippen LogP contribution in [0.25, 0.3) is 16.8 Å². The van der Waals surface area contributed by atoms with Crippen LogP contribution in [0.2, 0.25) is 0 Å². The number of thioether (sulfide) groups is 1. The lowest BCUT2D eigenvalue weighted by atomic mass is 10.0. The van der Waals surface area contributed by atoms with Crippen molar-refractivity contribution in [3.05, 3.63) is 46.9 Å². The summed E-state index contributed by atoms with van der Waals surface area (Å²) in [6.45, 7) is 4.88. The molecular weight excluding hydrogens is 412 g/mol. The molecular formula is C24H26N2O4S. The lowest BCUT2D eigenvalue weighted by Crippen LogP contribution is -2.47. The third kappa shape index (κ3) is 4.32. The number of imide groups is 1. The van der Waals surface area contributed by atoms with Crippen molar-refractivity contribution in [1.29, 1.82) is 0 Å². The van der Waals surface area contributed by atoms with E-state index in [-0.39, 0.29) is 18.5 Å². The van der Waals surface area contributed by atoms with Crippen LogP contribution in [0.3, 0.4) is 0 Å². The zero-order chi connectivity index (χ0) is 22.0. The van der Waals surface area contributed by atoms with Crippen LogP contribution < -0.4 is 4.74 Å². The first kappa shape index (κ1) is 21.4. The molecule has 2 aromatic rings. The molecule has 31 heavy (non-hydrogen) atoms. The smallest absolute Gasteiger partial charge is 0.294 e. The lowest BCUT2D eigenvalue weighted by Gasteiger charge is -2.34. The van der Waals surface area contributed by atoms with Crippen LogP contribution in [0.1, 0.15) is 38.7 Å². The maximum Gasteiger partial charge on any atom is 0.294 e. The fourth-order valence-electron chi connectivity index (χ4n) is 4.17. The molecule has 4 rings (SSSR count). The molecule has 6 nitrogen and oxygen atoms in total. The number of likely N-dealkylation sites (tertiary alicyclic amines) is 1. The van der Waals surface area contributed by atoms with E-state index >= 15 is 0 Å². The minimum atomic E-state index is -0.427. The van der Waals surface area contributed by atoms with E-state index in [0.717, 1.165) is 52.3 Å². The summed E-state index contributed by atoms with van der Waals surface area (Å²) in [7, 11) is 0. The maximum atomic E-state index is 13.0. The van der Waals surface area contributed by atoms with Gasteiger partial charge in [0, 0.05) is 18.2 Å². The summed E-state index contributed by atoms with van der Waals surface area (Å²) in [5.74, 6) is 0.0607. The third-order valence-electron chi connectivity index (χ3n) is 5.80. The number of rotatable bonds is 5. The number of fused-ring (bicyclic) bond motifs is 1. The van der Waals surface area contributed by atoms with E-state index in [2.05, 4.69) is 0 Å². The molecule has 2 heterocycles. The molecule has 2 aliphatic heterocycles. The molecule has 0 radical (unpaired) electrons. The standard InChI is InChI=1S/C24H26N2O4S/c1-3-30-20-12-11-17-9-4-5-10-18(17)19(20)14-21-23(28)26(24(29)31-21)15-22(27)25-13-7-6-8-16(25)2/h4-5,9-12,14,16H,3,6-8,13,15H2,1-2H3/b21-14-/t16-/m0/s1. The summed E-state index contributed by atoms with van der Waals surface area (Å²) >= 11 is 0.874. The molecule has 162 valence electrons. The fraction of sp³-hybridized carbons (Fsp3) is 0.375.